The van der Waals surface area contributed by atoms with Gasteiger partial charge in [-0.1, -0.05) is 36.4 Å². The zero-order valence-corrected chi connectivity index (χ0v) is 21.2. The SMILES string of the molecule is O=C(NCc1cccc(-c2cccc(CN3C[C@@H]4C[C@@H]3CN4)c2)c1)c1ccc2nonc2c1.O=C(O)C(F)(F)F. The Morgan fingerprint density at radius 1 is 1.00 bits per heavy atom. The number of carbonyl (C=O) groups is 2. The first-order valence-electron chi connectivity index (χ1n) is 12.6. The maximum absolute atomic E-state index is 12.6. The summed E-state index contributed by atoms with van der Waals surface area (Å²) in [5.41, 5.74) is 6.50. The second kappa shape index (κ2) is 11.4. The molecule has 208 valence electrons. The van der Waals surface area contributed by atoms with Crippen LogP contribution in [-0.4, -0.2) is 63.5 Å². The third-order valence-corrected chi connectivity index (χ3v) is 6.95. The van der Waals surface area contributed by atoms with Crippen molar-refractivity contribution in [2.75, 3.05) is 13.1 Å². The first kappa shape index (κ1) is 27.3. The maximum Gasteiger partial charge on any atom is 0.490 e. The Morgan fingerprint density at radius 3 is 2.33 bits per heavy atom. The molecule has 0 saturated carbocycles. The van der Waals surface area contributed by atoms with Crippen molar-refractivity contribution in [3.63, 3.8) is 0 Å². The third-order valence-electron chi connectivity index (χ3n) is 6.95. The van der Waals surface area contributed by atoms with E-state index in [1.807, 2.05) is 12.1 Å². The summed E-state index contributed by atoms with van der Waals surface area (Å²) in [6, 6.07) is 23.6. The van der Waals surface area contributed by atoms with Gasteiger partial charge in [-0.3, -0.25) is 9.69 Å². The lowest BCUT2D eigenvalue weighted by atomic mass is 10.0. The van der Waals surface area contributed by atoms with Crippen molar-refractivity contribution in [3.05, 3.63) is 83.4 Å². The number of aromatic nitrogens is 2. The first-order chi connectivity index (χ1) is 19.2. The number of carbonyl (C=O) groups excluding carboxylic acids is 1. The highest BCUT2D eigenvalue weighted by Gasteiger charge is 2.38. The molecule has 3 heterocycles. The van der Waals surface area contributed by atoms with Crippen LogP contribution >= 0.6 is 0 Å². The molecule has 2 saturated heterocycles. The minimum absolute atomic E-state index is 0.151. The first-order valence-corrected chi connectivity index (χ1v) is 12.6. The van der Waals surface area contributed by atoms with Gasteiger partial charge in [0.15, 0.2) is 0 Å². The van der Waals surface area contributed by atoms with Crippen molar-refractivity contribution >= 4 is 22.9 Å². The molecule has 2 fully saturated rings. The van der Waals surface area contributed by atoms with Crippen molar-refractivity contribution in [2.45, 2.75) is 37.8 Å². The van der Waals surface area contributed by atoms with E-state index in [9.17, 15) is 18.0 Å². The molecular weight excluding hydrogens is 527 g/mol. The van der Waals surface area contributed by atoms with Crippen LogP contribution in [0.1, 0.15) is 27.9 Å². The second-order valence-corrected chi connectivity index (χ2v) is 9.78. The number of rotatable bonds is 6. The zero-order chi connectivity index (χ0) is 28.3. The third kappa shape index (κ3) is 6.46. The van der Waals surface area contributed by atoms with Crippen LogP contribution in [0.5, 0.6) is 0 Å². The molecular formula is C28H26F3N5O4. The van der Waals surface area contributed by atoms with Gasteiger partial charge in [0.1, 0.15) is 11.0 Å². The summed E-state index contributed by atoms with van der Waals surface area (Å²) >= 11 is 0. The molecule has 0 radical (unpaired) electrons. The van der Waals surface area contributed by atoms with E-state index < -0.39 is 12.1 Å². The van der Waals surface area contributed by atoms with Crippen molar-refractivity contribution in [2.24, 2.45) is 0 Å². The van der Waals surface area contributed by atoms with Crippen LogP contribution in [-0.2, 0) is 17.9 Å². The Morgan fingerprint density at radius 2 is 1.68 bits per heavy atom. The highest BCUT2D eigenvalue weighted by atomic mass is 19.4. The zero-order valence-electron chi connectivity index (χ0n) is 21.2. The van der Waals surface area contributed by atoms with E-state index in [4.69, 9.17) is 14.5 Å². The molecule has 12 heteroatoms. The van der Waals surface area contributed by atoms with Crippen molar-refractivity contribution in [1.29, 1.82) is 0 Å². The number of carboxylic acids is 1. The summed E-state index contributed by atoms with van der Waals surface area (Å²) in [5.74, 6) is -2.91. The van der Waals surface area contributed by atoms with E-state index in [0.717, 1.165) is 30.8 Å². The number of halogens is 3. The number of fused-ring (bicyclic) bond motifs is 3. The number of benzene rings is 3. The smallest absolute Gasteiger partial charge is 0.475 e. The molecule has 2 aliphatic heterocycles. The molecule has 6 rings (SSSR count). The summed E-state index contributed by atoms with van der Waals surface area (Å²) in [5, 5.41) is 21.3. The number of nitrogens with zero attached hydrogens (tertiary/aromatic N) is 3. The van der Waals surface area contributed by atoms with Gasteiger partial charge in [0.05, 0.1) is 0 Å². The molecule has 2 bridgehead atoms. The van der Waals surface area contributed by atoms with Crippen molar-refractivity contribution < 1.29 is 32.5 Å². The Bertz CT molecular complexity index is 1520. The van der Waals surface area contributed by atoms with Gasteiger partial charge >= 0.3 is 12.1 Å². The van der Waals surface area contributed by atoms with Gasteiger partial charge in [0.25, 0.3) is 5.91 Å². The van der Waals surface area contributed by atoms with Crippen LogP contribution in [0.15, 0.2) is 71.4 Å². The fourth-order valence-electron chi connectivity index (χ4n) is 4.99. The molecule has 0 aliphatic carbocycles. The van der Waals surface area contributed by atoms with Gasteiger partial charge in [-0.05, 0) is 69.3 Å². The van der Waals surface area contributed by atoms with Crippen LogP contribution in [0.3, 0.4) is 0 Å². The highest BCUT2D eigenvalue weighted by Crippen LogP contribution is 2.27. The number of nitrogens with one attached hydrogen (secondary N) is 2. The average Bonchev–Trinajstić information content (AvgIpc) is 3.69. The fraction of sp³-hybridized carbons (Fsp3) is 0.286. The molecule has 4 aromatic rings. The molecule has 3 N–H and O–H groups in total. The van der Waals surface area contributed by atoms with Crippen LogP contribution < -0.4 is 10.6 Å². The van der Waals surface area contributed by atoms with Gasteiger partial charge in [-0.25, -0.2) is 9.42 Å². The number of aliphatic carboxylic acids is 1. The predicted octanol–water partition coefficient (Wildman–Crippen LogP) is 4.00. The maximum atomic E-state index is 12.6. The quantitative estimate of drug-likeness (QED) is 0.328. The second-order valence-electron chi connectivity index (χ2n) is 9.78. The minimum atomic E-state index is -5.08. The van der Waals surface area contributed by atoms with E-state index in [1.54, 1.807) is 18.2 Å². The molecule has 1 amide bonds. The van der Waals surface area contributed by atoms with E-state index >= 15 is 0 Å². The van der Waals surface area contributed by atoms with E-state index in [0.29, 0.717) is 35.2 Å². The predicted molar refractivity (Wildman–Crippen MR) is 139 cm³/mol. The fourth-order valence-corrected chi connectivity index (χ4v) is 4.99. The number of hydrogen-bond acceptors (Lipinski definition) is 7. The lowest BCUT2D eigenvalue weighted by Crippen LogP contribution is -2.42. The Hall–Kier alpha value is -4.29. The topological polar surface area (TPSA) is 121 Å². The van der Waals surface area contributed by atoms with Gasteiger partial charge in [0.2, 0.25) is 0 Å². The highest BCUT2D eigenvalue weighted by molar-refractivity contribution is 5.97. The average molecular weight is 554 g/mol. The lowest BCUT2D eigenvalue weighted by Gasteiger charge is -2.27. The van der Waals surface area contributed by atoms with Gasteiger partial charge in [0, 0.05) is 43.8 Å². The molecule has 40 heavy (non-hydrogen) atoms. The summed E-state index contributed by atoms with van der Waals surface area (Å²) in [6.45, 7) is 3.70. The largest absolute Gasteiger partial charge is 0.490 e. The minimum Gasteiger partial charge on any atom is -0.475 e. The molecule has 2 atom stereocenters. The van der Waals surface area contributed by atoms with Crippen molar-refractivity contribution in [1.82, 2.24) is 25.8 Å². The Balaban J connectivity index is 0.000000411. The molecule has 0 spiro atoms. The van der Waals surface area contributed by atoms with Crippen LogP contribution in [0.2, 0.25) is 0 Å². The van der Waals surface area contributed by atoms with Crippen LogP contribution in [0.4, 0.5) is 13.2 Å². The summed E-state index contributed by atoms with van der Waals surface area (Å²) < 4.78 is 36.4. The monoisotopic (exact) mass is 553 g/mol. The van der Waals surface area contributed by atoms with Crippen LogP contribution in [0, 0.1) is 0 Å². The summed E-state index contributed by atoms with van der Waals surface area (Å²) in [4.78, 5) is 24.1. The van der Waals surface area contributed by atoms with Crippen LogP contribution in [0.25, 0.3) is 22.2 Å². The van der Waals surface area contributed by atoms with E-state index in [2.05, 4.69) is 62.2 Å². The lowest BCUT2D eigenvalue weighted by molar-refractivity contribution is -0.192. The molecule has 1 aromatic heterocycles. The summed E-state index contributed by atoms with van der Waals surface area (Å²) in [6.07, 6.45) is -3.81. The number of carboxylic acid groups (broad SMARTS) is 1. The Kier molecular flexibility index (Phi) is 7.81. The standard InChI is InChI=1S/C26H25N5O2.C2HF3O2/c32-26(21-7-8-24-25(11-21)30-33-29-24)28-13-17-3-1-5-19(9-17)20-6-2-4-18(10-20)15-31-16-22-12-23(31)14-27-22;3-2(4,5)1(6)7/h1-11,22-23,27H,12-16H2,(H,28,32);(H,6,7)/t22-,23+;/m0./s1. The number of alkyl halides is 3. The van der Waals surface area contributed by atoms with Gasteiger partial charge < -0.3 is 15.7 Å². The summed E-state index contributed by atoms with van der Waals surface area (Å²) in [7, 11) is 0. The molecule has 3 aromatic carbocycles. The number of piperazine rings is 1. The number of hydrogen-bond donors (Lipinski definition) is 3. The number of likely N-dealkylation sites (tertiary alicyclic amines) is 1. The van der Waals surface area contributed by atoms with Crippen molar-refractivity contribution in [3.8, 4) is 11.1 Å². The Labute approximate surface area is 226 Å². The molecule has 9 nitrogen and oxygen atoms in total. The molecule has 2 aliphatic rings. The molecule has 0 unspecified atom stereocenters. The van der Waals surface area contributed by atoms with E-state index in [1.165, 1.54) is 17.5 Å². The van der Waals surface area contributed by atoms with Gasteiger partial charge in [-0.2, -0.15) is 13.2 Å². The normalized spacial score (nSPS) is 18.4. The van der Waals surface area contributed by atoms with E-state index in [-0.39, 0.29) is 5.91 Å². The van der Waals surface area contributed by atoms with Gasteiger partial charge in [-0.15, -0.1) is 0 Å². The number of amides is 1.